The molecule has 0 saturated carbocycles. The molecule has 1 N–H and O–H groups in total. The SMILES string of the molecule is CC(C)CNC(=O)c1cn(-c2ccc(S(=O)(=O)N3CCC[C@@H](C)C3)cn2)cn1. The third-order valence-electron chi connectivity index (χ3n) is 4.73. The molecule has 1 fully saturated rings. The monoisotopic (exact) mass is 405 g/mol. The molecule has 0 bridgehead atoms. The second-order valence-corrected chi connectivity index (χ2v) is 9.67. The zero-order valence-corrected chi connectivity index (χ0v) is 17.3. The van der Waals surface area contributed by atoms with E-state index in [0.717, 1.165) is 12.8 Å². The molecule has 1 amide bonds. The van der Waals surface area contributed by atoms with Gasteiger partial charge in [-0.3, -0.25) is 9.36 Å². The van der Waals surface area contributed by atoms with E-state index in [4.69, 9.17) is 0 Å². The summed E-state index contributed by atoms with van der Waals surface area (Å²) in [6.07, 6.45) is 6.37. The number of nitrogens with zero attached hydrogens (tertiary/aromatic N) is 4. The highest BCUT2D eigenvalue weighted by atomic mass is 32.2. The second-order valence-electron chi connectivity index (χ2n) is 7.73. The molecule has 1 atom stereocenters. The average molecular weight is 406 g/mol. The first-order valence-electron chi connectivity index (χ1n) is 9.56. The summed E-state index contributed by atoms with van der Waals surface area (Å²) in [7, 11) is -3.54. The lowest BCUT2D eigenvalue weighted by molar-refractivity contribution is 0.0944. The first-order chi connectivity index (χ1) is 13.3. The highest BCUT2D eigenvalue weighted by Crippen LogP contribution is 2.23. The number of piperidine rings is 1. The van der Waals surface area contributed by atoms with Gasteiger partial charge < -0.3 is 5.32 Å². The van der Waals surface area contributed by atoms with E-state index in [-0.39, 0.29) is 10.8 Å². The van der Waals surface area contributed by atoms with Crippen LogP contribution in [-0.2, 0) is 10.0 Å². The largest absolute Gasteiger partial charge is 0.350 e. The van der Waals surface area contributed by atoms with Crippen LogP contribution in [0.4, 0.5) is 0 Å². The molecule has 1 aliphatic heterocycles. The minimum absolute atomic E-state index is 0.181. The Labute approximate surface area is 166 Å². The first-order valence-corrected chi connectivity index (χ1v) is 11.0. The van der Waals surface area contributed by atoms with Gasteiger partial charge in [0.15, 0.2) is 0 Å². The van der Waals surface area contributed by atoms with E-state index in [1.165, 1.54) is 16.8 Å². The van der Waals surface area contributed by atoms with Gasteiger partial charge in [0.2, 0.25) is 10.0 Å². The van der Waals surface area contributed by atoms with Gasteiger partial charge in [-0.25, -0.2) is 18.4 Å². The van der Waals surface area contributed by atoms with Gasteiger partial charge in [-0.1, -0.05) is 20.8 Å². The van der Waals surface area contributed by atoms with Gasteiger partial charge >= 0.3 is 0 Å². The standard InChI is InChI=1S/C19H27N5O3S/c1-14(2)9-21-19(25)17-12-23(13-22-17)18-7-6-16(10-20-18)28(26,27)24-8-4-5-15(3)11-24/h6-7,10,12-15H,4-5,8-9,11H2,1-3H3,(H,21,25)/t15-/m1/s1. The maximum absolute atomic E-state index is 12.8. The van der Waals surface area contributed by atoms with Gasteiger partial charge in [-0.05, 0) is 36.8 Å². The number of aromatic nitrogens is 3. The first kappa shape index (κ1) is 20.5. The molecule has 2 aromatic rings. The number of amides is 1. The smallest absolute Gasteiger partial charge is 0.271 e. The van der Waals surface area contributed by atoms with Crippen molar-refractivity contribution in [2.24, 2.45) is 11.8 Å². The zero-order chi connectivity index (χ0) is 20.3. The molecule has 3 rings (SSSR count). The van der Waals surface area contributed by atoms with E-state index < -0.39 is 10.0 Å². The Balaban J connectivity index is 1.73. The van der Waals surface area contributed by atoms with E-state index in [2.05, 4.69) is 22.2 Å². The summed E-state index contributed by atoms with van der Waals surface area (Å²) < 4.78 is 28.8. The van der Waals surface area contributed by atoms with Crippen molar-refractivity contribution in [2.45, 2.75) is 38.5 Å². The number of hydrogen-bond donors (Lipinski definition) is 1. The van der Waals surface area contributed by atoms with Crippen molar-refractivity contribution in [3.63, 3.8) is 0 Å². The Morgan fingerprint density at radius 1 is 1.32 bits per heavy atom. The van der Waals surface area contributed by atoms with Crippen molar-refractivity contribution in [2.75, 3.05) is 19.6 Å². The van der Waals surface area contributed by atoms with Gasteiger partial charge in [0.05, 0.1) is 0 Å². The van der Waals surface area contributed by atoms with Gasteiger partial charge in [-0.15, -0.1) is 0 Å². The highest BCUT2D eigenvalue weighted by molar-refractivity contribution is 7.89. The van der Waals surface area contributed by atoms with Crippen LogP contribution in [0.5, 0.6) is 0 Å². The number of hydrogen-bond acceptors (Lipinski definition) is 5. The van der Waals surface area contributed by atoms with Gasteiger partial charge in [0.1, 0.15) is 22.7 Å². The number of imidazole rings is 1. The van der Waals surface area contributed by atoms with Crippen molar-refractivity contribution in [3.05, 3.63) is 36.5 Å². The lowest BCUT2D eigenvalue weighted by Gasteiger charge is -2.29. The third-order valence-corrected chi connectivity index (χ3v) is 6.58. The van der Waals surface area contributed by atoms with Crippen LogP contribution in [0.2, 0.25) is 0 Å². The summed E-state index contributed by atoms with van der Waals surface area (Å²) in [5.41, 5.74) is 0.293. The van der Waals surface area contributed by atoms with E-state index >= 15 is 0 Å². The van der Waals surface area contributed by atoms with Crippen LogP contribution in [0.3, 0.4) is 0 Å². The van der Waals surface area contributed by atoms with E-state index in [9.17, 15) is 13.2 Å². The summed E-state index contributed by atoms with van der Waals surface area (Å²) in [4.78, 5) is 20.6. The van der Waals surface area contributed by atoms with Crippen LogP contribution >= 0.6 is 0 Å². The quantitative estimate of drug-likeness (QED) is 0.793. The topological polar surface area (TPSA) is 97.2 Å². The molecule has 0 unspecified atom stereocenters. The molecule has 9 heteroatoms. The van der Waals surface area contributed by atoms with Crippen LogP contribution in [0.15, 0.2) is 35.7 Å². The fourth-order valence-electron chi connectivity index (χ4n) is 3.14. The average Bonchev–Trinajstić information content (AvgIpc) is 3.16. The van der Waals surface area contributed by atoms with Crippen LogP contribution < -0.4 is 5.32 Å². The predicted octanol–water partition coefficient (Wildman–Crippen LogP) is 2.07. The molecule has 0 aromatic carbocycles. The minimum atomic E-state index is -3.54. The van der Waals surface area contributed by atoms with E-state index in [1.807, 2.05) is 13.8 Å². The molecule has 1 saturated heterocycles. The fourth-order valence-corrected chi connectivity index (χ4v) is 4.69. The summed E-state index contributed by atoms with van der Waals surface area (Å²) in [6, 6.07) is 3.17. The number of nitrogens with one attached hydrogen (secondary N) is 1. The van der Waals surface area contributed by atoms with Crippen LogP contribution in [0, 0.1) is 11.8 Å². The normalized spacial score (nSPS) is 18.4. The number of sulfonamides is 1. The lowest BCUT2D eigenvalue weighted by atomic mass is 10.0. The van der Waals surface area contributed by atoms with Crippen molar-refractivity contribution in [1.82, 2.24) is 24.2 Å². The van der Waals surface area contributed by atoms with Crippen molar-refractivity contribution in [3.8, 4) is 5.82 Å². The third kappa shape index (κ3) is 4.59. The Bertz CT molecular complexity index is 921. The summed E-state index contributed by atoms with van der Waals surface area (Å²) in [5, 5.41) is 2.81. The Hall–Kier alpha value is -2.26. The molecule has 1 aliphatic rings. The van der Waals surface area contributed by atoms with Crippen molar-refractivity contribution in [1.29, 1.82) is 0 Å². The summed E-state index contributed by atoms with van der Waals surface area (Å²) in [5.74, 6) is 0.972. The maximum Gasteiger partial charge on any atom is 0.271 e. The molecule has 28 heavy (non-hydrogen) atoms. The van der Waals surface area contributed by atoms with Gasteiger partial charge in [-0.2, -0.15) is 4.31 Å². The van der Waals surface area contributed by atoms with Gasteiger partial charge in [0.25, 0.3) is 5.91 Å². The van der Waals surface area contributed by atoms with Crippen LogP contribution in [-0.4, -0.2) is 52.8 Å². The van der Waals surface area contributed by atoms with Crippen LogP contribution in [0.1, 0.15) is 44.1 Å². The Kier molecular flexibility index (Phi) is 6.14. The second kappa shape index (κ2) is 8.40. The molecule has 0 spiro atoms. The molecule has 152 valence electrons. The van der Waals surface area contributed by atoms with E-state index in [0.29, 0.717) is 43.0 Å². The van der Waals surface area contributed by atoms with Gasteiger partial charge in [0, 0.05) is 32.0 Å². The van der Waals surface area contributed by atoms with Crippen molar-refractivity contribution < 1.29 is 13.2 Å². The Morgan fingerprint density at radius 3 is 2.75 bits per heavy atom. The van der Waals surface area contributed by atoms with Crippen LogP contribution in [0.25, 0.3) is 5.82 Å². The lowest BCUT2D eigenvalue weighted by Crippen LogP contribution is -2.39. The number of carbonyl (C=O) groups excluding carboxylic acids is 1. The summed E-state index contributed by atoms with van der Waals surface area (Å²) >= 11 is 0. The van der Waals surface area contributed by atoms with Crippen molar-refractivity contribution >= 4 is 15.9 Å². The van der Waals surface area contributed by atoms with E-state index in [1.54, 1.807) is 22.9 Å². The summed E-state index contributed by atoms with van der Waals surface area (Å²) in [6.45, 7) is 7.76. The Morgan fingerprint density at radius 2 is 2.11 bits per heavy atom. The fraction of sp³-hybridized carbons (Fsp3) is 0.526. The molecular weight excluding hydrogens is 378 g/mol. The number of rotatable bonds is 6. The molecule has 8 nitrogen and oxygen atoms in total. The molecule has 2 aromatic heterocycles. The molecule has 0 radical (unpaired) electrons. The molecule has 0 aliphatic carbocycles. The molecule has 3 heterocycles. The number of carbonyl (C=O) groups is 1. The predicted molar refractivity (Wildman–Crippen MR) is 106 cm³/mol. The minimum Gasteiger partial charge on any atom is -0.350 e. The number of pyridine rings is 1. The zero-order valence-electron chi connectivity index (χ0n) is 16.5. The maximum atomic E-state index is 12.8. The molecular formula is C19H27N5O3S. The highest BCUT2D eigenvalue weighted by Gasteiger charge is 2.28.